The second-order valence-corrected chi connectivity index (χ2v) is 5.00. The molecule has 92 valence electrons. The Bertz CT molecular complexity index is 621. The van der Waals surface area contributed by atoms with Crippen molar-refractivity contribution in [2.75, 3.05) is 0 Å². The van der Waals surface area contributed by atoms with Crippen LogP contribution in [0, 0.1) is 12.8 Å². The number of ketones is 1. The summed E-state index contributed by atoms with van der Waals surface area (Å²) < 4.78 is 0. The monoisotopic (exact) mass is 239 g/mol. The SMILES string of the molecule is Cc1[nH]c(C(=O)C2C=CCCC2)c2ccccc12. The summed E-state index contributed by atoms with van der Waals surface area (Å²) in [4.78, 5) is 15.8. The van der Waals surface area contributed by atoms with Gasteiger partial charge in [-0.1, -0.05) is 36.4 Å². The van der Waals surface area contributed by atoms with E-state index >= 15 is 0 Å². The highest BCUT2D eigenvalue weighted by molar-refractivity contribution is 6.09. The molecule has 18 heavy (non-hydrogen) atoms. The quantitative estimate of drug-likeness (QED) is 0.623. The lowest BCUT2D eigenvalue weighted by Crippen LogP contribution is -2.15. The first kappa shape index (κ1) is 11.3. The van der Waals surface area contributed by atoms with Crippen molar-refractivity contribution in [2.24, 2.45) is 5.92 Å². The summed E-state index contributed by atoms with van der Waals surface area (Å²) in [5, 5.41) is 2.21. The van der Waals surface area contributed by atoms with Gasteiger partial charge >= 0.3 is 0 Å². The number of rotatable bonds is 2. The third kappa shape index (κ3) is 1.78. The van der Waals surface area contributed by atoms with Gasteiger partial charge in [-0.3, -0.25) is 4.79 Å². The van der Waals surface area contributed by atoms with Crippen LogP contribution in [0.1, 0.15) is 35.4 Å². The third-order valence-corrected chi connectivity index (χ3v) is 3.75. The van der Waals surface area contributed by atoms with Crippen molar-refractivity contribution >= 4 is 16.6 Å². The number of benzene rings is 1. The molecule has 0 radical (unpaired) electrons. The second kappa shape index (κ2) is 4.45. The number of Topliss-reactive ketones (excluding diaryl/α,β-unsaturated/α-hetero) is 1. The molecule has 1 N–H and O–H groups in total. The number of aromatic nitrogens is 1. The Balaban J connectivity index is 2.06. The molecule has 1 aromatic carbocycles. The maximum atomic E-state index is 12.5. The van der Waals surface area contributed by atoms with Crippen LogP contribution in [-0.4, -0.2) is 10.8 Å². The van der Waals surface area contributed by atoms with Gasteiger partial charge in [0.05, 0.1) is 5.69 Å². The van der Waals surface area contributed by atoms with Gasteiger partial charge < -0.3 is 4.98 Å². The van der Waals surface area contributed by atoms with Crippen LogP contribution >= 0.6 is 0 Å². The van der Waals surface area contributed by atoms with E-state index in [0.717, 1.165) is 41.4 Å². The number of carbonyl (C=O) groups excluding carboxylic acids is 1. The summed E-state index contributed by atoms with van der Waals surface area (Å²) in [5.41, 5.74) is 1.85. The lowest BCUT2D eigenvalue weighted by molar-refractivity contribution is 0.0934. The van der Waals surface area contributed by atoms with Gasteiger partial charge in [0.15, 0.2) is 5.78 Å². The number of aromatic amines is 1. The van der Waals surface area contributed by atoms with E-state index in [2.05, 4.69) is 23.2 Å². The van der Waals surface area contributed by atoms with Crippen molar-refractivity contribution < 1.29 is 4.79 Å². The minimum Gasteiger partial charge on any atom is -0.355 e. The normalized spacial score (nSPS) is 19.3. The summed E-state index contributed by atoms with van der Waals surface area (Å²) in [6.07, 6.45) is 7.39. The van der Waals surface area contributed by atoms with E-state index in [1.807, 2.05) is 25.1 Å². The van der Waals surface area contributed by atoms with E-state index in [0.29, 0.717) is 0 Å². The molecule has 1 aliphatic carbocycles. The molecular formula is C16H17NO. The molecule has 2 nitrogen and oxygen atoms in total. The summed E-state index contributed by atoms with van der Waals surface area (Å²) in [6.45, 7) is 2.02. The number of fused-ring (bicyclic) bond motifs is 1. The van der Waals surface area contributed by atoms with Crippen LogP contribution in [0.15, 0.2) is 36.4 Å². The first-order chi connectivity index (χ1) is 8.77. The van der Waals surface area contributed by atoms with Crippen LogP contribution < -0.4 is 0 Å². The predicted octanol–water partition coefficient (Wildman–Crippen LogP) is 4.02. The summed E-state index contributed by atoms with van der Waals surface area (Å²) in [6, 6.07) is 8.09. The largest absolute Gasteiger partial charge is 0.355 e. The number of carbonyl (C=O) groups is 1. The molecule has 1 atom stereocenters. The Morgan fingerprint density at radius 2 is 2.06 bits per heavy atom. The van der Waals surface area contributed by atoms with Crippen molar-refractivity contribution in [3.63, 3.8) is 0 Å². The van der Waals surface area contributed by atoms with Crippen molar-refractivity contribution in [2.45, 2.75) is 26.2 Å². The van der Waals surface area contributed by atoms with Gasteiger partial charge in [0.25, 0.3) is 0 Å². The van der Waals surface area contributed by atoms with Gasteiger partial charge in [0.1, 0.15) is 0 Å². The maximum absolute atomic E-state index is 12.5. The predicted molar refractivity (Wildman–Crippen MR) is 73.8 cm³/mol. The molecule has 1 aromatic heterocycles. The Morgan fingerprint density at radius 1 is 1.28 bits per heavy atom. The number of nitrogens with one attached hydrogen (secondary N) is 1. The zero-order chi connectivity index (χ0) is 12.5. The fraction of sp³-hybridized carbons (Fsp3) is 0.312. The number of H-pyrrole nitrogens is 1. The molecule has 1 unspecified atom stereocenters. The molecule has 0 saturated heterocycles. The van der Waals surface area contributed by atoms with Crippen molar-refractivity contribution in [3.8, 4) is 0 Å². The highest BCUT2D eigenvalue weighted by Crippen LogP contribution is 2.27. The van der Waals surface area contributed by atoms with Crippen LogP contribution in [0.3, 0.4) is 0 Å². The maximum Gasteiger partial charge on any atom is 0.186 e. The molecule has 1 heterocycles. The topological polar surface area (TPSA) is 32.9 Å². The molecule has 2 aromatic rings. The van der Waals surface area contributed by atoms with Crippen LogP contribution in [0.5, 0.6) is 0 Å². The van der Waals surface area contributed by atoms with Gasteiger partial charge in [-0.15, -0.1) is 0 Å². The average molecular weight is 239 g/mol. The van der Waals surface area contributed by atoms with Crippen molar-refractivity contribution in [1.82, 2.24) is 4.98 Å². The Hall–Kier alpha value is -1.83. The Kier molecular flexibility index (Phi) is 2.78. The summed E-state index contributed by atoms with van der Waals surface area (Å²) in [5.74, 6) is 0.287. The zero-order valence-corrected chi connectivity index (χ0v) is 10.6. The van der Waals surface area contributed by atoms with E-state index in [4.69, 9.17) is 0 Å². The average Bonchev–Trinajstić information content (AvgIpc) is 2.77. The van der Waals surface area contributed by atoms with Crippen LogP contribution in [-0.2, 0) is 0 Å². The fourth-order valence-corrected chi connectivity index (χ4v) is 2.76. The van der Waals surface area contributed by atoms with Crippen LogP contribution in [0.4, 0.5) is 0 Å². The highest BCUT2D eigenvalue weighted by atomic mass is 16.1. The Labute approximate surface area is 107 Å². The number of allylic oxidation sites excluding steroid dienone is 2. The first-order valence-corrected chi connectivity index (χ1v) is 6.55. The molecule has 0 saturated carbocycles. The van der Waals surface area contributed by atoms with Gasteiger partial charge in [-0.2, -0.15) is 0 Å². The zero-order valence-electron chi connectivity index (χ0n) is 10.6. The molecule has 0 spiro atoms. The molecule has 3 rings (SSSR count). The minimum atomic E-state index is 0.0557. The van der Waals surface area contributed by atoms with Gasteiger partial charge in [0.2, 0.25) is 0 Å². The lowest BCUT2D eigenvalue weighted by atomic mass is 9.90. The van der Waals surface area contributed by atoms with Gasteiger partial charge in [0, 0.05) is 22.4 Å². The smallest absolute Gasteiger partial charge is 0.186 e. The van der Waals surface area contributed by atoms with Crippen LogP contribution in [0.25, 0.3) is 10.8 Å². The Morgan fingerprint density at radius 3 is 2.78 bits per heavy atom. The minimum absolute atomic E-state index is 0.0557. The molecule has 0 fully saturated rings. The summed E-state index contributed by atoms with van der Waals surface area (Å²) in [7, 11) is 0. The second-order valence-electron chi connectivity index (χ2n) is 5.00. The van der Waals surface area contributed by atoms with Gasteiger partial charge in [-0.25, -0.2) is 0 Å². The molecular weight excluding hydrogens is 222 g/mol. The summed E-state index contributed by atoms with van der Waals surface area (Å²) >= 11 is 0. The van der Waals surface area contributed by atoms with Crippen molar-refractivity contribution in [1.29, 1.82) is 0 Å². The van der Waals surface area contributed by atoms with Crippen LogP contribution in [0.2, 0.25) is 0 Å². The molecule has 0 aliphatic heterocycles. The first-order valence-electron chi connectivity index (χ1n) is 6.55. The van der Waals surface area contributed by atoms with Gasteiger partial charge in [-0.05, 0) is 26.2 Å². The number of hydrogen-bond donors (Lipinski definition) is 1. The van der Waals surface area contributed by atoms with E-state index in [1.165, 1.54) is 0 Å². The molecule has 0 bridgehead atoms. The number of hydrogen-bond acceptors (Lipinski definition) is 1. The fourth-order valence-electron chi connectivity index (χ4n) is 2.76. The van der Waals surface area contributed by atoms with Crippen molar-refractivity contribution in [3.05, 3.63) is 47.8 Å². The highest BCUT2D eigenvalue weighted by Gasteiger charge is 2.22. The van der Waals surface area contributed by atoms with E-state index in [9.17, 15) is 4.79 Å². The third-order valence-electron chi connectivity index (χ3n) is 3.75. The number of aryl methyl sites for hydroxylation is 1. The molecule has 2 heteroatoms. The molecule has 1 aliphatic rings. The standard InChI is InChI=1S/C16H17NO/c1-11-13-9-5-6-10-14(13)15(17-11)16(18)12-7-3-2-4-8-12/h3,5-7,9-10,12,17H,2,4,8H2,1H3. The van der Waals surface area contributed by atoms with E-state index < -0.39 is 0 Å². The van der Waals surface area contributed by atoms with E-state index in [-0.39, 0.29) is 11.7 Å². The molecule has 0 amide bonds. The lowest BCUT2D eigenvalue weighted by Gasteiger charge is -2.14. The van der Waals surface area contributed by atoms with E-state index in [1.54, 1.807) is 0 Å².